The molecule has 0 unspecified atom stereocenters. The highest BCUT2D eigenvalue weighted by Crippen LogP contribution is 2.25. The Kier molecular flexibility index (Phi) is 3.36. The van der Waals surface area contributed by atoms with Gasteiger partial charge in [-0.05, 0) is 42.8 Å². The molecule has 3 nitrogen and oxygen atoms in total. The first-order valence-electron chi connectivity index (χ1n) is 6.35. The summed E-state index contributed by atoms with van der Waals surface area (Å²) in [4.78, 5) is 4.45. The lowest BCUT2D eigenvalue weighted by Gasteiger charge is -2.06. The Bertz CT molecular complexity index is 782. The Labute approximate surface area is 121 Å². The molecule has 98 valence electrons. The van der Waals surface area contributed by atoms with Crippen LogP contribution in [0, 0.1) is 18.3 Å². The van der Waals surface area contributed by atoms with Gasteiger partial charge >= 0.3 is 0 Å². The number of hydrogen-bond acceptors (Lipinski definition) is 4. The van der Waals surface area contributed by atoms with E-state index in [4.69, 9.17) is 5.26 Å². The third-order valence-electron chi connectivity index (χ3n) is 3.08. The highest BCUT2D eigenvalue weighted by Gasteiger charge is 2.01. The topological polar surface area (TPSA) is 48.7 Å². The van der Waals surface area contributed by atoms with Crippen LogP contribution in [-0.2, 0) is 6.54 Å². The maximum Gasteiger partial charge on any atom is 0.0991 e. The Morgan fingerprint density at radius 3 is 2.75 bits per heavy atom. The number of anilines is 1. The summed E-state index contributed by atoms with van der Waals surface area (Å²) in [6.07, 6.45) is 0. The van der Waals surface area contributed by atoms with Crippen molar-refractivity contribution in [2.45, 2.75) is 13.5 Å². The highest BCUT2D eigenvalue weighted by molar-refractivity contribution is 7.18. The largest absolute Gasteiger partial charge is 0.381 e. The van der Waals surface area contributed by atoms with Crippen molar-refractivity contribution in [2.24, 2.45) is 0 Å². The fourth-order valence-corrected chi connectivity index (χ4v) is 2.92. The van der Waals surface area contributed by atoms with Crippen LogP contribution in [0.15, 0.2) is 42.5 Å². The molecule has 0 aliphatic carbocycles. The van der Waals surface area contributed by atoms with Gasteiger partial charge < -0.3 is 5.32 Å². The molecule has 1 N–H and O–H groups in total. The van der Waals surface area contributed by atoms with Crippen molar-refractivity contribution in [3.63, 3.8) is 0 Å². The van der Waals surface area contributed by atoms with Crippen molar-refractivity contribution in [2.75, 3.05) is 5.32 Å². The zero-order chi connectivity index (χ0) is 13.9. The van der Waals surface area contributed by atoms with Gasteiger partial charge in [-0.2, -0.15) is 5.26 Å². The molecule has 2 aromatic carbocycles. The van der Waals surface area contributed by atoms with E-state index in [1.54, 1.807) is 11.3 Å². The quantitative estimate of drug-likeness (QED) is 0.785. The van der Waals surface area contributed by atoms with Gasteiger partial charge in [-0.1, -0.05) is 12.1 Å². The van der Waals surface area contributed by atoms with E-state index in [9.17, 15) is 0 Å². The first-order valence-corrected chi connectivity index (χ1v) is 7.16. The number of nitriles is 1. The fraction of sp³-hybridized carbons (Fsp3) is 0.125. The van der Waals surface area contributed by atoms with Gasteiger partial charge in [-0.25, -0.2) is 4.98 Å². The summed E-state index contributed by atoms with van der Waals surface area (Å²) < 4.78 is 1.20. The van der Waals surface area contributed by atoms with Crippen LogP contribution in [0.1, 0.15) is 16.1 Å². The Balaban J connectivity index is 1.74. The minimum absolute atomic E-state index is 0.690. The summed E-state index contributed by atoms with van der Waals surface area (Å²) in [5, 5.41) is 13.3. The molecule has 0 amide bonds. The average Bonchev–Trinajstić information content (AvgIpc) is 2.85. The average molecular weight is 279 g/mol. The van der Waals surface area contributed by atoms with Gasteiger partial charge in [-0.15, -0.1) is 11.3 Å². The normalized spacial score (nSPS) is 10.4. The van der Waals surface area contributed by atoms with Crippen molar-refractivity contribution in [1.29, 1.82) is 5.26 Å². The number of rotatable bonds is 3. The van der Waals surface area contributed by atoms with Crippen LogP contribution in [0.4, 0.5) is 5.69 Å². The van der Waals surface area contributed by atoms with E-state index >= 15 is 0 Å². The molecule has 0 spiro atoms. The van der Waals surface area contributed by atoms with E-state index in [2.05, 4.69) is 22.4 Å². The maximum absolute atomic E-state index is 8.77. The standard InChI is InChI=1S/C16H13N3S/c1-11-19-15-7-6-14(8-16(15)20-11)18-10-13-4-2-12(9-17)3-5-13/h2-8,18H,10H2,1H3. The fourth-order valence-electron chi connectivity index (χ4n) is 2.05. The van der Waals surface area contributed by atoms with E-state index in [1.165, 1.54) is 4.70 Å². The van der Waals surface area contributed by atoms with Crippen molar-refractivity contribution in [3.8, 4) is 6.07 Å². The SMILES string of the molecule is Cc1nc2ccc(NCc3ccc(C#N)cc3)cc2s1. The number of fused-ring (bicyclic) bond motifs is 1. The minimum Gasteiger partial charge on any atom is -0.381 e. The Morgan fingerprint density at radius 2 is 2.00 bits per heavy atom. The van der Waals surface area contributed by atoms with Gasteiger partial charge in [0.15, 0.2) is 0 Å². The number of aryl methyl sites for hydroxylation is 1. The summed E-state index contributed by atoms with van der Waals surface area (Å²) in [5.74, 6) is 0. The lowest BCUT2D eigenvalue weighted by Crippen LogP contribution is -1.98. The van der Waals surface area contributed by atoms with Gasteiger partial charge in [-0.3, -0.25) is 0 Å². The molecule has 3 aromatic rings. The zero-order valence-corrected chi connectivity index (χ0v) is 11.9. The van der Waals surface area contributed by atoms with Gasteiger partial charge in [0.2, 0.25) is 0 Å². The van der Waals surface area contributed by atoms with Crippen molar-refractivity contribution in [3.05, 3.63) is 58.6 Å². The van der Waals surface area contributed by atoms with Crippen LogP contribution in [0.3, 0.4) is 0 Å². The van der Waals surface area contributed by atoms with Gasteiger partial charge in [0.05, 0.1) is 26.9 Å². The van der Waals surface area contributed by atoms with Crippen molar-refractivity contribution >= 4 is 27.2 Å². The minimum atomic E-state index is 0.690. The van der Waals surface area contributed by atoms with Crippen molar-refractivity contribution in [1.82, 2.24) is 4.98 Å². The third-order valence-corrected chi connectivity index (χ3v) is 4.01. The molecule has 0 saturated carbocycles. The molecule has 0 radical (unpaired) electrons. The number of aromatic nitrogens is 1. The number of thiazole rings is 1. The number of nitrogens with one attached hydrogen (secondary N) is 1. The monoisotopic (exact) mass is 279 g/mol. The van der Waals surface area contributed by atoms with Crippen LogP contribution >= 0.6 is 11.3 Å². The van der Waals surface area contributed by atoms with E-state index in [1.807, 2.05) is 43.3 Å². The predicted octanol–water partition coefficient (Wildman–Crippen LogP) is 4.09. The molecule has 0 fully saturated rings. The van der Waals surface area contributed by atoms with Crippen LogP contribution in [0.25, 0.3) is 10.2 Å². The molecule has 1 heterocycles. The smallest absolute Gasteiger partial charge is 0.0991 e. The number of benzene rings is 2. The van der Waals surface area contributed by atoms with Crippen LogP contribution in [0.5, 0.6) is 0 Å². The van der Waals surface area contributed by atoms with Crippen LogP contribution in [-0.4, -0.2) is 4.98 Å². The highest BCUT2D eigenvalue weighted by atomic mass is 32.1. The lowest BCUT2D eigenvalue weighted by molar-refractivity contribution is 1.15. The summed E-state index contributed by atoms with van der Waals surface area (Å²) in [7, 11) is 0. The third kappa shape index (κ3) is 2.63. The van der Waals surface area contributed by atoms with Gasteiger partial charge in [0.25, 0.3) is 0 Å². The van der Waals surface area contributed by atoms with Gasteiger partial charge in [0.1, 0.15) is 0 Å². The van der Waals surface area contributed by atoms with Crippen molar-refractivity contribution < 1.29 is 0 Å². The Hall–Kier alpha value is -2.38. The Morgan fingerprint density at radius 1 is 1.20 bits per heavy atom. The second kappa shape index (κ2) is 5.32. The first-order chi connectivity index (χ1) is 9.74. The lowest BCUT2D eigenvalue weighted by atomic mass is 10.1. The summed E-state index contributed by atoms with van der Waals surface area (Å²) in [6, 6.07) is 16.0. The first kappa shape index (κ1) is 12.6. The molecular weight excluding hydrogens is 266 g/mol. The van der Waals surface area contributed by atoms with Crippen LogP contribution in [0.2, 0.25) is 0 Å². The summed E-state index contributed by atoms with van der Waals surface area (Å²) in [5.41, 5.74) is 3.99. The molecule has 0 saturated heterocycles. The molecule has 0 aliphatic heterocycles. The van der Waals surface area contributed by atoms with Gasteiger partial charge in [0, 0.05) is 12.2 Å². The summed E-state index contributed by atoms with van der Waals surface area (Å²) >= 11 is 1.71. The molecular formula is C16H13N3S. The second-order valence-electron chi connectivity index (χ2n) is 4.58. The molecule has 1 aromatic heterocycles. The molecule has 3 rings (SSSR count). The predicted molar refractivity (Wildman–Crippen MR) is 82.8 cm³/mol. The molecule has 0 atom stereocenters. The number of hydrogen-bond donors (Lipinski definition) is 1. The molecule has 0 bridgehead atoms. The second-order valence-corrected chi connectivity index (χ2v) is 5.81. The van der Waals surface area contributed by atoms with Crippen LogP contribution < -0.4 is 5.32 Å². The van der Waals surface area contributed by atoms with E-state index in [-0.39, 0.29) is 0 Å². The number of nitrogens with zero attached hydrogens (tertiary/aromatic N) is 2. The molecule has 20 heavy (non-hydrogen) atoms. The van der Waals surface area contributed by atoms with E-state index < -0.39 is 0 Å². The zero-order valence-electron chi connectivity index (χ0n) is 11.1. The van der Waals surface area contributed by atoms with E-state index in [0.29, 0.717) is 5.56 Å². The molecule has 0 aliphatic rings. The maximum atomic E-state index is 8.77. The summed E-state index contributed by atoms with van der Waals surface area (Å²) in [6.45, 7) is 2.77. The molecule has 4 heteroatoms. The van der Waals surface area contributed by atoms with E-state index in [0.717, 1.165) is 28.3 Å².